The first-order chi connectivity index (χ1) is 21.3. The highest BCUT2D eigenvalue weighted by Crippen LogP contribution is 2.76. The molecule has 9 aliphatic carbocycles. The van der Waals surface area contributed by atoms with Crippen molar-refractivity contribution in [3.05, 3.63) is 0 Å². The van der Waals surface area contributed by atoms with E-state index in [-0.39, 0.29) is 0 Å². The second kappa shape index (κ2) is 11.9. The molecule has 0 aromatic carbocycles. The molecule has 0 radical (unpaired) electrons. The molecule has 1 heteroatoms. The van der Waals surface area contributed by atoms with Crippen LogP contribution >= 0.6 is 0 Å². The Bertz CT molecular complexity index is 902. The van der Waals surface area contributed by atoms with Gasteiger partial charge in [0.1, 0.15) is 0 Å². The van der Waals surface area contributed by atoms with E-state index in [9.17, 15) is 0 Å². The van der Waals surface area contributed by atoms with E-state index in [0.717, 1.165) is 94.8 Å². The van der Waals surface area contributed by atoms with Crippen molar-refractivity contribution in [3.63, 3.8) is 0 Å². The monoisotopic (exact) mass is 588 g/mol. The molecule has 1 nitrogen and oxygen atoms in total. The molecule has 0 bridgehead atoms. The number of fused-ring (bicyclic) bond motifs is 6. The molecule has 0 amide bonds. The molecule has 0 heterocycles. The van der Waals surface area contributed by atoms with Gasteiger partial charge in [-0.05, 0) is 146 Å². The van der Waals surface area contributed by atoms with E-state index in [1.165, 1.54) is 19.0 Å². The molecule has 9 aliphatic rings. The van der Waals surface area contributed by atoms with E-state index >= 15 is 0 Å². The van der Waals surface area contributed by atoms with Crippen molar-refractivity contribution >= 4 is 0 Å². The summed E-state index contributed by atoms with van der Waals surface area (Å²) in [4.78, 5) is 2.95. The molecule has 43 heavy (non-hydrogen) atoms. The summed E-state index contributed by atoms with van der Waals surface area (Å²) in [6, 6.07) is 0.918. The minimum Gasteiger partial charge on any atom is -0.301 e. The molecule has 0 spiro atoms. The van der Waals surface area contributed by atoms with Crippen LogP contribution in [-0.4, -0.2) is 24.0 Å². The zero-order chi connectivity index (χ0) is 28.7. The maximum atomic E-state index is 2.95. The summed E-state index contributed by atoms with van der Waals surface area (Å²) in [7, 11) is 0. The summed E-state index contributed by atoms with van der Waals surface area (Å²) in [6.07, 6.45) is 33.7. The minimum atomic E-state index is 0.918. The molecule has 9 rings (SSSR count). The lowest BCUT2D eigenvalue weighted by Gasteiger charge is -2.58. The normalized spacial score (nSPS) is 53.2. The lowest BCUT2D eigenvalue weighted by Crippen LogP contribution is -2.53. The van der Waals surface area contributed by atoms with Gasteiger partial charge in [0.25, 0.3) is 0 Å². The highest BCUT2D eigenvalue weighted by atomic mass is 15.2. The molecule has 9 fully saturated rings. The van der Waals surface area contributed by atoms with Gasteiger partial charge in [-0.25, -0.2) is 0 Å². The van der Waals surface area contributed by atoms with Crippen molar-refractivity contribution in [2.24, 2.45) is 94.7 Å². The van der Waals surface area contributed by atoms with E-state index in [1.54, 1.807) is 135 Å². The van der Waals surface area contributed by atoms with Crippen LogP contribution in [0.5, 0.6) is 0 Å². The highest BCUT2D eigenvalue weighted by Gasteiger charge is 2.71. The zero-order valence-electron chi connectivity index (χ0n) is 28.5. The lowest BCUT2D eigenvalue weighted by molar-refractivity contribution is -0.102. The third-order valence-corrected chi connectivity index (χ3v) is 17.9. The van der Waals surface area contributed by atoms with Gasteiger partial charge in [-0.1, -0.05) is 110 Å². The predicted octanol–water partition coefficient (Wildman–Crippen LogP) is 10.9. The van der Waals surface area contributed by atoms with Crippen LogP contribution in [0, 0.1) is 94.7 Å². The number of rotatable bonds is 5. The highest BCUT2D eigenvalue weighted by molar-refractivity contribution is 5.19. The molecular formula is C42H69N. The Balaban J connectivity index is 1.18. The Kier molecular flexibility index (Phi) is 8.05. The average Bonchev–Trinajstić information content (AvgIpc) is 3.58. The van der Waals surface area contributed by atoms with Gasteiger partial charge in [-0.2, -0.15) is 0 Å². The van der Waals surface area contributed by atoms with Gasteiger partial charge in [0, 0.05) is 6.04 Å². The van der Waals surface area contributed by atoms with Gasteiger partial charge in [-0.15, -0.1) is 0 Å². The van der Waals surface area contributed by atoms with Crippen LogP contribution < -0.4 is 0 Å². The molecule has 0 N–H and O–H groups in total. The third-order valence-electron chi connectivity index (χ3n) is 17.9. The topological polar surface area (TPSA) is 3.24 Å². The third kappa shape index (κ3) is 4.43. The Morgan fingerprint density at radius 2 is 0.721 bits per heavy atom. The van der Waals surface area contributed by atoms with Crippen molar-refractivity contribution in [1.29, 1.82) is 0 Å². The molecule has 0 aromatic heterocycles. The van der Waals surface area contributed by atoms with Crippen LogP contribution in [0.1, 0.15) is 149 Å². The number of hydrogen-bond donors (Lipinski definition) is 0. The fraction of sp³-hybridized carbons (Fsp3) is 1.00. The lowest BCUT2D eigenvalue weighted by atomic mass is 9.47. The van der Waals surface area contributed by atoms with Gasteiger partial charge in [0.2, 0.25) is 0 Å². The minimum absolute atomic E-state index is 0.918. The number of hydrogen-bond acceptors (Lipinski definition) is 1. The van der Waals surface area contributed by atoms with Gasteiger partial charge >= 0.3 is 0 Å². The fourth-order valence-corrected chi connectivity index (χ4v) is 17.4. The maximum absolute atomic E-state index is 2.95. The average molecular weight is 588 g/mol. The van der Waals surface area contributed by atoms with Crippen LogP contribution in [0.25, 0.3) is 0 Å². The van der Waals surface area contributed by atoms with Crippen LogP contribution in [0.15, 0.2) is 0 Å². The molecule has 0 saturated heterocycles. The molecule has 9 saturated carbocycles. The summed E-state index contributed by atoms with van der Waals surface area (Å²) < 4.78 is 0. The van der Waals surface area contributed by atoms with Crippen LogP contribution in [0.4, 0.5) is 0 Å². The Morgan fingerprint density at radius 3 is 1.23 bits per heavy atom. The van der Waals surface area contributed by atoms with Crippen molar-refractivity contribution < 1.29 is 0 Å². The Hall–Kier alpha value is -0.0400. The van der Waals surface area contributed by atoms with Gasteiger partial charge in [0.05, 0.1) is 0 Å². The van der Waals surface area contributed by atoms with E-state index < -0.39 is 0 Å². The van der Waals surface area contributed by atoms with E-state index in [4.69, 9.17) is 0 Å². The summed E-state index contributed by atoms with van der Waals surface area (Å²) >= 11 is 0. The second-order valence-corrected chi connectivity index (χ2v) is 18.7. The Morgan fingerprint density at radius 1 is 0.326 bits per heavy atom. The molecule has 242 valence electrons. The summed E-state index contributed by atoms with van der Waals surface area (Å²) in [5, 5.41) is 0. The Labute approximate surface area is 266 Å². The number of nitrogens with zero attached hydrogens (tertiary/aromatic N) is 1. The fourth-order valence-electron chi connectivity index (χ4n) is 17.4. The first-order valence-corrected chi connectivity index (χ1v) is 21.0. The quantitative estimate of drug-likeness (QED) is 0.309. The molecule has 0 aromatic rings. The zero-order valence-corrected chi connectivity index (χ0v) is 28.5. The molecular weight excluding hydrogens is 518 g/mol. The standard InChI is InChI=1S/C42H69N/c1-3-43(4-2)34-25-24-33-38-29(34)20-13-23-32(38)41-36(27-14-7-5-8-15-27)39-30-21-11-18-26-19-12-22-31(35(26)30)40(39)37(42(33)41)28-16-9-6-10-17-28/h26-42H,3-25H2,1-2H3. The maximum Gasteiger partial charge on any atom is 0.0126 e. The second-order valence-electron chi connectivity index (χ2n) is 18.7. The molecule has 15 atom stereocenters. The van der Waals surface area contributed by atoms with E-state index in [1.807, 2.05) is 0 Å². The first-order valence-electron chi connectivity index (χ1n) is 21.0. The SMILES string of the molecule is CCN(CC)C1CCC2C3C(CCCC31)C1C(C3CCCCC3)C3C4CCCC5CCCC(C54)C3C(C3CCCCC3)C21. The van der Waals surface area contributed by atoms with Crippen molar-refractivity contribution in [1.82, 2.24) is 4.90 Å². The molecule has 0 aliphatic heterocycles. The molecule has 15 unspecified atom stereocenters. The summed E-state index contributed by atoms with van der Waals surface area (Å²) in [5.74, 6) is 18.1. The predicted molar refractivity (Wildman–Crippen MR) is 180 cm³/mol. The van der Waals surface area contributed by atoms with E-state index in [2.05, 4.69) is 18.7 Å². The largest absolute Gasteiger partial charge is 0.301 e. The van der Waals surface area contributed by atoms with Gasteiger partial charge in [0.15, 0.2) is 0 Å². The van der Waals surface area contributed by atoms with Crippen LogP contribution in [0.2, 0.25) is 0 Å². The van der Waals surface area contributed by atoms with E-state index in [0.29, 0.717) is 0 Å². The smallest absolute Gasteiger partial charge is 0.0126 e. The summed E-state index contributed by atoms with van der Waals surface area (Å²) in [5.41, 5.74) is 0. The van der Waals surface area contributed by atoms with Crippen molar-refractivity contribution in [2.75, 3.05) is 13.1 Å². The van der Waals surface area contributed by atoms with Crippen molar-refractivity contribution in [2.45, 2.75) is 155 Å². The first kappa shape index (κ1) is 29.1. The van der Waals surface area contributed by atoms with Crippen molar-refractivity contribution in [3.8, 4) is 0 Å². The van der Waals surface area contributed by atoms with Gasteiger partial charge < -0.3 is 4.90 Å². The van der Waals surface area contributed by atoms with Crippen LogP contribution in [0.3, 0.4) is 0 Å². The van der Waals surface area contributed by atoms with Gasteiger partial charge in [-0.3, -0.25) is 0 Å². The van der Waals surface area contributed by atoms with Crippen LogP contribution in [-0.2, 0) is 0 Å². The summed E-state index contributed by atoms with van der Waals surface area (Å²) in [6.45, 7) is 7.53.